The number of aryl methyl sites for hydroxylation is 1. The van der Waals surface area contributed by atoms with E-state index in [0.29, 0.717) is 5.56 Å². The summed E-state index contributed by atoms with van der Waals surface area (Å²) in [7, 11) is -13.6. The molecule has 39 heavy (non-hydrogen) atoms. The van der Waals surface area contributed by atoms with Crippen molar-refractivity contribution < 1.29 is 39.5 Å². The van der Waals surface area contributed by atoms with Gasteiger partial charge < -0.3 is 10.8 Å². The van der Waals surface area contributed by atoms with E-state index in [0.717, 1.165) is 18.2 Å². The van der Waals surface area contributed by atoms with Gasteiger partial charge in [0, 0.05) is 6.07 Å². The molecule has 0 heterocycles. The van der Waals surface area contributed by atoms with Crippen LogP contribution >= 0.6 is 0 Å². The first-order chi connectivity index (χ1) is 18.1. The fraction of sp³-hybridized carbons (Fsp3) is 0.0435. The predicted molar refractivity (Wildman–Crippen MR) is 142 cm³/mol. The molecule has 0 aliphatic heterocycles. The van der Waals surface area contributed by atoms with Crippen molar-refractivity contribution in [2.45, 2.75) is 21.6 Å². The van der Waals surface area contributed by atoms with Gasteiger partial charge in [-0.25, -0.2) is 8.42 Å². The maximum absolute atomic E-state index is 12.8. The highest BCUT2D eigenvalue weighted by Crippen LogP contribution is 2.40. The second kappa shape index (κ2) is 9.90. The molecule has 0 fully saturated rings. The number of phenolic OH excluding ortho intramolecular Hbond substituents is 1. The van der Waals surface area contributed by atoms with Gasteiger partial charge in [0.05, 0.1) is 32.2 Å². The summed E-state index contributed by atoms with van der Waals surface area (Å²) in [5.74, 6) is -0.519. The minimum atomic E-state index is -4.71. The zero-order chi connectivity index (χ0) is 28.8. The van der Waals surface area contributed by atoms with Gasteiger partial charge in [-0.1, -0.05) is 12.1 Å². The monoisotopic (exact) mass is 592 g/mol. The second-order valence-corrected chi connectivity index (χ2v) is 12.8. The number of nitrogens with two attached hydrogens (primary N) is 1. The molecule has 16 heteroatoms. The molecule has 4 rings (SSSR count). The maximum atomic E-state index is 12.8. The zero-order valence-electron chi connectivity index (χ0n) is 19.8. The Kier molecular flexibility index (Phi) is 7.09. The summed E-state index contributed by atoms with van der Waals surface area (Å²) in [5.41, 5.74) is 6.39. The summed E-state index contributed by atoms with van der Waals surface area (Å²) >= 11 is 0. The van der Waals surface area contributed by atoms with Crippen LogP contribution in [-0.2, 0) is 30.3 Å². The summed E-state index contributed by atoms with van der Waals surface area (Å²) in [6.07, 6.45) is 0. The lowest BCUT2D eigenvalue weighted by atomic mass is 10.1. The lowest BCUT2D eigenvalue weighted by molar-refractivity contribution is 0.471. The second-order valence-electron chi connectivity index (χ2n) is 8.29. The van der Waals surface area contributed by atoms with Gasteiger partial charge in [-0.2, -0.15) is 21.9 Å². The molecule has 0 amide bonds. The van der Waals surface area contributed by atoms with Crippen LogP contribution in [-0.4, -0.2) is 39.5 Å². The van der Waals surface area contributed by atoms with Crippen LogP contribution in [0.2, 0.25) is 0 Å². The third-order valence-electron chi connectivity index (χ3n) is 5.44. The van der Waals surface area contributed by atoms with Crippen molar-refractivity contribution in [3.05, 3.63) is 72.3 Å². The Hall–Kier alpha value is -4.09. The number of nitrogens with zero attached hydrogens (tertiary/aromatic N) is 2. The molecule has 0 saturated heterocycles. The number of phenols is 1. The number of rotatable bonds is 7. The minimum Gasteiger partial charge on any atom is -0.507 e. The molecule has 0 aromatic heterocycles. The van der Waals surface area contributed by atoms with Crippen molar-refractivity contribution in [1.29, 1.82) is 0 Å². The predicted octanol–water partition coefficient (Wildman–Crippen LogP) is 4.15. The normalized spacial score (nSPS) is 12.7. The van der Waals surface area contributed by atoms with Gasteiger partial charge in [-0.15, -0.1) is 5.11 Å². The van der Waals surface area contributed by atoms with Crippen molar-refractivity contribution in [1.82, 2.24) is 0 Å². The number of sulfonamides is 1. The molecule has 4 aromatic rings. The Bertz CT molecular complexity index is 1970. The van der Waals surface area contributed by atoms with E-state index in [1.54, 1.807) is 6.92 Å². The molecule has 0 aliphatic carbocycles. The van der Waals surface area contributed by atoms with Crippen LogP contribution in [0.25, 0.3) is 10.8 Å². The van der Waals surface area contributed by atoms with E-state index in [-0.39, 0.29) is 38.4 Å². The fourth-order valence-corrected chi connectivity index (χ4v) is 6.01. The molecule has 6 N–H and O–H groups in total. The number of nitrogen functional groups attached to an aromatic ring is 1. The third kappa shape index (κ3) is 5.99. The largest absolute Gasteiger partial charge is 0.507 e. The zero-order valence-corrected chi connectivity index (χ0v) is 22.3. The SMILES string of the molecule is Cc1ccc(NS(=O)(=O)c2ccc(N=Nc3c(N)ccc4cc(S(=O)(=O)O)cc(O)c34)cc2)c(S(=O)(=O)O)c1. The van der Waals surface area contributed by atoms with Gasteiger partial charge in [0.1, 0.15) is 16.3 Å². The Morgan fingerprint density at radius 3 is 2.05 bits per heavy atom. The molecule has 0 bridgehead atoms. The van der Waals surface area contributed by atoms with E-state index < -0.39 is 45.8 Å². The smallest absolute Gasteiger partial charge is 0.296 e. The Balaban J connectivity index is 1.65. The summed E-state index contributed by atoms with van der Waals surface area (Å²) in [6, 6.07) is 13.5. The number of benzene rings is 4. The van der Waals surface area contributed by atoms with E-state index in [9.17, 15) is 39.5 Å². The molecule has 0 unspecified atom stereocenters. The summed E-state index contributed by atoms with van der Waals surface area (Å²) in [5, 5.41) is 18.7. The maximum Gasteiger partial charge on any atom is 0.296 e. The van der Waals surface area contributed by atoms with Crippen molar-refractivity contribution in [2.24, 2.45) is 10.2 Å². The average molecular weight is 593 g/mol. The van der Waals surface area contributed by atoms with E-state index in [4.69, 9.17) is 5.73 Å². The molecule has 4 aromatic carbocycles. The number of anilines is 2. The van der Waals surface area contributed by atoms with E-state index in [2.05, 4.69) is 15.0 Å². The van der Waals surface area contributed by atoms with E-state index >= 15 is 0 Å². The highest BCUT2D eigenvalue weighted by Gasteiger charge is 2.22. The number of hydrogen-bond donors (Lipinski definition) is 5. The molecular weight excluding hydrogens is 572 g/mol. The summed E-state index contributed by atoms with van der Waals surface area (Å²) in [4.78, 5) is -1.38. The van der Waals surface area contributed by atoms with Crippen LogP contribution in [0.15, 0.2) is 91.6 Å². The quantitative estimate of drug-likeness (QED) is 0.117. The summed E-state index contributed by atoms with van der Waals surface area (Å²) in [6.45, 7) is 1.57. The summed E-state index contributed by atoms with van der Waals surface area (Å²) < 4.78 is 92.8. The van der Waals surface area contributed by atoms with Gasteiger partial charge in [0.2, 0.25) is 0 Å². The third-order valence-corrected chi connectivity index (χ3v) is 8.55. The van der Waals surface area contributed by atoms with Gasteiger partial charge >= 0.3 is 0 Å². The first-order valence-corrected chi connectivity index (χ1v) is 15.1. The van der Waals surface area contributed by atoms with Crippen LogP contribution in [0.1, 0.15) is 5.56 Å². The molecule has 0 spiro atoms. The molecule has 0 saturated carbocycles. The molecule has 0 atom stereocenters. The van der Waals surface area contributed by atoms with Crippen molar-refractivity contribution >= 4 is 63.8 Å². The van der Waals surface area contributed by atoms with Crippen LogP contribution < -0.4 is 10.5 Å². The van der Waals surface area contributed by atoms with E-state index in [1.165, 1.54) is 48.5 Å². The molecule has 0 radical (unpaired) electrons. The van der Waals surface area contributed by atoms with Crippen LogP contribution in [0, 0.1) is 6.92 Å². The Morgan fingerprint density at radius 1 is 0.769 bits per heavy atom. The molecule has 204 valence electrons. The van der Waals surface area contributed by atoms with Crippen molar-refractivity contribution in [3.63, 3.8) is 0 Å². The fourth-order valence-electron chi connectivity index (χ4n) is 3.60. The minimum absolute atomic E-state index is 0.00219. The lowest BCUT2D eigenvalue weighted by Crippen LogP contribution is -2.15. The topological polar surface area (TPSA) is 226 Å². The first kappa shape index (κ1) is 27.9. The van der Waals surface area contributed by atoms with Gasteiger partial charge in [0.25, 0.3) is 30.3 Å². The average Bonchev–Trinajstić information content (AvgIpc) is 2.83. The van der Waals surface area contributed by atoms with Crippen LogP contribution in [0.5, 0.6) is 5.75 Å². The van der Waals surface area contributed by atoms with Crippen molar-refractivity contribution in [3.8, 4) is 5.75 Å². The first-order valence-electron chi connectivity index (χ1n) is 10.7. The lowest BCUT2D eigenvalue weighted by Gasteiger charge is -2.12. The van der Waals surface area contributed by atoms with Crippen LogP contribution in [0.3, 0.4) is 0 Å². The number of nitrogens with one attached hydrogen (secondary N) is 1. The Morgan fingerprint density at radius 2 is 1.44 bits per heavy atom. The van der Waals surface area contributed by atoms with Gasteiger partial charge in [-0.3, -0.25) is 13.8 Å². The molecular formula is C23H20N4O9S3. The highest BCUT2D eigenvalue weighted by molar-refractivity contribution is 7.93. The number of fused-ring (bicyclic) bond motifs is 1. The van der Waals surface area contributed by atoms with Crippen molar-refractivity contribution in [2.75, 3.05) is 10.5 Å². The van der Waals surface area contributed by atoms with Gasteiger partial charge in [-0.05, 0) is 66.4 Å². The van der Waals surface area contributed by atoms with E-state index in [1.807, 2.05) is 0 Å². The standard InChI is InChI=1S/C23H20N4O9S3/c1-13-2-9-19(21(10-13)39(34,35)36)27-37(29,30)16-6-4-15(5-7-16)25-26-23-18(24)8-3-14-11-17(38(31,32)33)12-20(28)22(14)23/h2-12,27-28H,24H2,1H3,(H,31,32,33)(H,34,35,36). The Labute approximate surface area is 223 Å². The van der Waals surface area contributed by atoms with Crippen LogP contribution in [0.4, 0.5) is 22.7 Å². The van der Waals surface area contributed by atoms with Gasteiger partial charge in [0.15, 0.2) is 0 Å². The number of azo groups is 1. The molecule has 13 nitrogen and oxygen atoms in total. The highest BCUT2D eigenvalue weighted by atomic mass is 32.2. The number of aromatic hydroxyl groups is 1. The molecule has 0 aliphatic rings. The number of hydrogen-bond acceptors (Lipinski definition) is 10.